The summed E-state index contributed by atoms with van der Waals surface area (Å²) >= 11 is 11.9. The van der Waals surface area contributed by atoms with Gasteiger partial charge in [0.2, 0.25) is 0 Å². The van der Waals surface area contributed by atoms with Gasteiger partial charge in [0, 0.05) is 21.8 Å². The van der Waals surface area contributed by atoms with Crippen LogP contribution in [0.2, 0.25) is 10.0 Å². The fourth-order valence-electron chi connectivity index (χ4n) is 5.94. The van der Waals surface area contributed by atoms with E-state index in [1.165, 1.54) is 38.5 Å². The monoisotopic (exact) mass is 394 g/mol. The highest BCUT2D eigenvalue weighted by atomic mass is 35.5. The molecule has 0 heterocycles. The molecular formula is C20H24Cl2N2O2. The van der Waals surface area contributed by atoms with Crippen molar-refractivity contribution in [1.82, 2.24) is 5.32 Å². The van der Waals surface area contributed by atoms with E-state index < -0.39 is 11.8 Å². The molecule has 4 nitrogen and oxygen atoms in total. The number of hydrogen-bond acceptors (Lipinski definition) is 2. The molecule has 1 unspecified atom stereocenters. The Hall–Kier alpha value is -1.26. The fraction of sp³-hybridized carbons (Fsp3) is 0.600. The predicted molar refractivity (Wildman–Crippen MR) is 103 cm³/mol. The lowest BCUT2D eigenvalue weighted by Gasteiger charge is -2.59. The molecule has 4 saturated carbocycles. The summed E-state index contributed by atoms with van der Waals surface area (Å²) in [6.45, 7) is 2.06. The van der Waals surface area contributed by atoms with Crippen LogP contribution < -0.4 is 10.6 Å². The highest BCUT2D eigenvalue weighted by Gasteiger charge is 2.53. The fourth-order valence-corrected chi connectivity index (χ4v) is 6.46. The molecule has 0 aromatic heterocycles. The van der Waals surface area contributed by atoms with Crippen LogP contribution in [0.5, 0.6) is 0 Å². The van der Waals surface area contributed by atoms with Gasteiger partial charge in [-0.25, -0.2) is 0 Å². The van der Waals surface area contributed by atoms with E-state index >= 15 is 0 Å². The van der Waals surface area contributed by atoms with Gasteiger partial charge in [-0.2, -0.15) is 0 Å². The van der Waals surface area contributed by atoms with Crippen LogP contribution in [0.15, 0.2) is 18.2 Å². The van der Waals surface area contributed by atoms with E-state index in [1.807, 2.05) is 0 Å². The highest BCUT2D eigenvalue weighted by Crippen LogP contribution is 2.61. The Morgan fingerprint density at radius 3 is 1.96 bits per heavy atom. The number of hydrogen-bond donors (Lipinski definition) is 2. The maximum Gasteiger partial charge on any atom is 0.313 e. The number of carbonyl (C=O) groups excluding carboxylic acids is 2. The summed E-state index contributed by atoms with van der Waals surface area (Å²) in [7, 11) is 0. The first-order valence-electron chi connectivity index (χ1n) is 9.41. The smallest absolute Gasteiger partial charge is 0.313 e. The van der Waals surface area contributed by atoms with E-state index in [0.29, 0.717) is 15.7 Å². The second-order valence-corrected chi connectivity index (χ2v) is 9.46. The molecule has 1 aromatic rings. The standard InChI is InChI=1S/C20H24Cl2N2O2/c1-11(20-8-12-2-13(9-20)4-14(3-12)10-20)23-18(25)19(26)24-17-6-15(21)5-16(22)7-17/h5-7,11-14H,2-4,8-10H2,1H3,(H,23,25)(H,24,26). The molecular weight excluding hydrogens is 371 g/mol. The Morgan fingerprint density at radius 1 is 0.962 bits per heavy atom. The van der Waals surface area contributed by atoms with Crippen LogP contribution in [0.4, 0.5) is 5.69 Å². The summed E-state index contributed by atoms with van der Waals surface area (Å²) in [6, 6.07) is 4.73. The Labute approximate surface area is 164 Å². The van der Waals surface area contributed by atoms with Crippen LogP contribution in [0.1, 0.15) is 45.4 Å². The van der Waals surface area contributed by atoms with Gasteiger partial charge in [0.1, 0.15) is 0 Å². The number of halogens is 2. The van der Waals surface area contributed by atoms with E-state index in [2.05, 4.69) is 17.6 Å². The number of rotatable bonds is 3. The van der Waals surface area contributed by atoms with Crippen LogP contribution >= 0.6 is 23.2 Å². The highest BCUT2D eigenvalue weighted by molar-refractivity contribution is 6.40. The van der Waals surface area contributed by atoms with Gasteiger partial charge in [0.15, 0.2) is 0 Å². The van der Waals surface area contributed by atoms with Gasteiger partial charge in [-0.3, -0.25) is 9.59 Å². The topological polar surface area (TPSA) is 58.2 Å². The van der Waals surface area contributed by atoms with E-state index in [0.717, 1.165) is 17.8 Å². The second kappa shape index (κ2) is 6.72. The summed E-state index contributed by atoms with van der Waals surface area (Å²) in [4.78, 5) is 24.7. The van der Waals surface area contributed by atoms with Crippen LogP contribution in [0.3, 0.4) is 0 Å². The van der Waals surface area contributed by atoms with Gasteiger partial charge in [0.25, 0.3) is 0 Å². The largest absolute Gasteiger partial charge is 0.345 e. The van der Waals surface area contributed by atoms with Crippen molar-refractivity contribution in [2.45, 2.75) is 51.5 Å². The third-order valence-electron chi connectivity index (χ3n) is 6.68. The molecule has 0 saturated heterocycles. The number of nitrogens with one attached hydrogen (secondary N) is 2. The van der Waals surface area contributed by atoms with Crippen molar-refractivity contribution < 1.29 is 9.59 Å². The van der Waals surface area contributed by atoms with Crippen LogP contribution in [0.25, 0.3) is 0 Å². The molecule has 4 bridgehead atoms. The minimum Gasteiger partial charge on any atom is -0.345 e. The molecule has 2 N–H and O–H groups in total. The van der Waals surface area contributed by atoms with Gasteiger partial charge < -0.3 is 10.6 Å². The summed E-state index contributed by atoms with van der Waals surface area (Å²) in [5, 5.41) is 6.38. The maximum absolute atomic E-state index is 12.4. The number of amides is 2. The first kappa shape index (κ1) is 18.1. The molecule has 140 valence electrons. The average molecular weight is 395 g/mol. The van der Waals surface area contributed by atoms with E-state index in [1.54, 1.807) is 18.2 Å². The van der Waals surface area contributed by atoms with Crippen molar-refractivity contribution in [3.05, 3.63) is 28.2 Å². The van der Waals surface area contributed by atoms with Crippen molar-refractivity contribution in [2.24, 2.45) is 23.2 Å². The Balaban J connectivity index is 1.40. The molecule has 5 rings (SSSR count). The molecule has 4 aliphatic carbocycles. The molecule has 0 spiro atoms. The summed E-state index contributed by atoms with van der Waals surface area (Å²) in [5.74, 6) is 1.15. The Bertz CT molecular complexity index is 694. The summed E-state index contributed by atoms with van der Waals surface area (Å²) in [6.07, 6.45) is 7.63. The van der Waals surface area contributed by atoms with Gasteiger partial charge in [-0.15, -0.1) is 0 Å². The zero-order valence-corrected chi connectivity index (χ0v) is 16.4. The van der Waals surface area contributed by atoms with Crippen molar-refractivity contribution in [3.8, 4) is 0 Å². The van der Waals surface area contributed by atoms with Gasteiger partial charge in [-0.05, 0) is 86.8 Å². The lowest BCUT2D eigenvalue weighted by atomic mass is 9.48. The molecule has 26 heavy (non-hydrogen) atoms. The third-order valence-corrected chi connectivity index (χ3v) is 7.11. The normalized spacial score (nSPS) is 33.0. The number of benzene rings is 1. The Morgan fingerprint density at radius 2 is 1.46 bits per heavy atom. The van der Waals surface area contributed by atoms with Crippen LogP contribution in [0, 0.1) is 23.2 Å². The first-order chi connectivity index (χ1) is 12.3. The van der Waals surface area contributed by atoms with E-state index in [4.69, 9.17) is 23.2 Å². The second-order valence-electron chi connectivity index (χ2n) is 8.59. The van der Waals surface area contributed by atoms with Gasteiger partial charge in [-0.1, -0.05) is 23.2 Å². The van der Waals surface area contributed by atoms with Crippen molar-refractivity contribution in [2.75, 3.05) is 5.32 Å². The Kier molecular flexibility index (Phi) is 4.68. The van der Waals surface area contributed by atoms with Crippen molar-refractivity contribution in [1.29, 1.82) is 0 Å². The maximum atomic E-state index is 12.4. The lowest BCUT2D eigenvalue weighted by molar-refractivity contribution is -0.138. The number of carbonyl (C=O) groups is 2. The molecule has 6 heteroatoms. The molecule has 0 radical (unpaired) electrons. The SMILES string of the molecule is CC(NC(=O)C(=O)Nc1cc(Cl)cc(Cl)c1)C12CC3CC(CC(C3)C1)C2. The predicted octanol–water partition coefficient (Wildman–Crippen LogP) is 4.65. The molecule has 4 aliphatic rings. The van der Waals surface area contributed by atoms with Crippen molar-refractivity contribution >= 4 is 40.7 Å². The molecule has 0 aliphatic heterocycles. The molecule has 4 fully saturated rings. The minimum absolute atomic E-state index is 0.0112. The van der Waals surface area contributed by atoms with Gasteiger partial charge >= 0.3 is 11.8 Å². The summed E-state index contributed by atoms with van der Waals surface area (Å²) < 4.78 is 0. The molecule has 2 amide bonds. The van der Waals surface area contributed by atoms with Crippen LogP contribution in [-0.2, 0) is 9.59 Å². The third kappa shape index (κ3) is 3.46. The average Bonchev–Trinajstić information content (AvgIpc) is 2.52. The first-order valence-corrected chi connectivity index (χ1v) is 10.2. The zero-order chi connectivity index (χ0) is 18.5. The van der Waals surface area contributed by atoms with Gasteiger partial charge in [0.05, 0.1) is 0 Å². The minimum atomic E-state index is -0.681. The summed E-state index contributed by atoms with van der Waals surface area (Å²) in [5.41, 5.74) is 0.592. The molecule has 1 atom stereocenters. The van der Waals surface area contributed by atoms with Crippen LogP contribution in [-0.4, -0.2) is 17.9 Å². The lowest BCUT2D eigenvalue weighted by Crippen LogP contribution is -2.57. The zero-order valence-electron chi connectivity index (χ0n) is 14.9. The van der Waals surface area contributed by atoms with E-state index in [9.17, 15) is 9.59 Å². The quantitative estimate of drug-likeness (QED) is 0.732. The number of anilines is 1. The molecule has 1 aromatic carbocycles. The van der Waals surface area contributed by atoms with Crippen molar-refractivity contribution in [3.63, 3.8) is 0 Å². The van der Waals surface area contributed by atoms with E-state index in [-0.39, 0.29) is 11.5 Å².